The number of carbonyl (C=O) groups excluding carboxylic acids is 1. The maximum absolute atomic E-state index is 11.5. The van der Waals surface area contributed by atoms with Gasteiger partial charge < -0.3 is 9.72 Å². The number of benzene rings is 2. The standard InChI is InChI=1S/C15H11BrN2O2/c1-20-15(19)10-4-7-12-13(8-10)18-14(17-12)9-2-5-11(16)6-3-9/h2-8H,1H3,(H,17,18). The van der Waals surface area contributed by atoms with Gasteiger partial charge in [-0.15, -0.1) is 0 Å². The fraction of sp³-hybridized carbons (Fsp3) is 0.0667. The minimum absolute atomic E-state index is 0.355. The second-order valence-corrected chi connectivity index (χ2v) is 5.23. The number of aromatic nitrogens is 2. The molecule has 0 aliphatic heterocycles. The Kier molecular flexibility index (Phi) is 3.28. The molecule has 0 aliphatic rings. The number of halogens is 1. The van der Waals surface area contributed by atoms with Crippen molar-refractivity contribution in [3.8, 4) is 11.4 Å². The van der Waals surface area contributed by atoms with E-state index in [0.717, 1.165) is 26.9 Å². The minimum atomic E-state index is -0.355. The number of ether oxygens (including phenoxy) is 1. The van der Waals surface area contributed by atoms with Gasteiger partial charge in [-0.3, -0.25) is 0 Å². The van der Waals surface area contributed by atoms with Crippen LogP contribution in [0.25, 0.3) is 22.4 Å². The lowest BCUT2D eigenvalue weighted by molar-refractivity contribution is 0.0601. The van der Waals surface area contributed by atoms with Crippen LogP contribution in [0, 0.1) is 0 Å². The Hall–Kier alpha value is -2.14. The van der Waals surface area contributed by atoms with Crippen molar-refractivity contribution in [3.05, 3.63) is 52.5 Å². The number of esters is 1. The van der Waals surface area contributed by atoms with Crippen LogP contribution in [0.1, 0.15) is 10.4 Å². The Balaban J connectivity index is 2.06. The van der Waals surface area contributed by atoms with Crippen LogP contribution in [0.2, 0.25) is 0 Å². The highest BCUT2D eigenvalue weighted by Gasteiger charge is 2.09. The Labute approximate surface area is 123 Å². The third-order valence-electron chi connectivity index (χ3n) is 3.02. The summed E-state index contributed by atoms with van der Waals surface area (Å²) in [7, 11) is 1.37. The predicted molar refractivity (Wildman–Crippen MR) is 80.6 cm³/mol. The lowest BCUT2D eigenvalue weighted by Gasteiger charge is -1.97. The molecule has 1 N–H and O–H groups in total. The molecule has 2 aromatic carbocycles. The van der Waals surface area contributed by atoms with Crippen molar-refractivity contribution in [2.75, 3.05) is 7.11 Å². The monoisotopic (exact) mass is 330 g/mol. The van der Waals surface area contributed by atoms with Gasteiger partial charge in [-0.05, 0) is 30.3 Å². The summed E-state index contributed by atoms with van der Waals surface area (Å²) >= 11 is 3.40. The lowest BCUT2D eigenvalue weighted by Crippen LogP contribution is -2.00. The third kappa shape index (κ3) is 2.32. The van der Waals surface area contributed by atoms with Crippen LogP contribution < -0.4 is 0 Å². The summed E-state index contributed by atoms with van der Waals surface area (Å²) in [5.74, 6) is 0.418. The van der Waals surface area contributed by atoms with E-state index in [4.69, 9.17) is 4.74 Å². The molecular formula is C15H11BrN2O2. The molecule has 1 aromatic heterocycles. The average molecular weight is 331 g/mol. The van der Waals surface area contributed by atoms with Gasteiger partial charge in [-0.25, -0.2) is 9.78 Å². The summed E-state index contributed by atoms with van der Waals surface area (Å²) in [6.07, 6.45) is 0. The summed E-state index contributed by atoms with van der Waals surface area (Å²) in [5.41, 5.74) is 3.12. The van der Waals surface area contributed by atoms with Gasteiger partial charge in [-0.2, -0.15) is 0 Å². The van der Waals surface area contributed by atoms with Gasteiger partial charge in [-0.1, -0.05) is 28.1 Å². The second-order valence-electron chi connectivity index (χ2n) is 4.32. The number of hydrogen-bond donors (Lipinski definition) is 1. The predicted octanol–water partition coefficient (Wildman–Crippen LogP) is 3.78. The molecule has 0 fully saturated rings. The Bertz CT molecular complexity index is 778. The van der Waals surface area contributed by atoms with E-state index in [1.807, 2.05) is 24.3 Å². The normalized spacial score (nSPS) is 10.7. The molecule has 0 saturated carbocycles. The molecule has 0 bridgehead atoms. The molecule has 20 heavy (non-hydrogen) atoms. The van der Waals surface area contributed by atoms with Gasteiger partial charge >= 0.3 is 5.97 Å². The number of carbonyl (C=O) groups is 1. The van der Waals surface area contributed by atoms with E-state index in [9.17, 15) is 4.79 Å². The van der Waals surface area contributed by atoms with E-state index in [1.165, 1.54) is 7.11 Å². The average Bonchev–Trinajstić information content (AvgIpc) is 2.90. The first-order chi connectivity index (χ1) is 9.67. The number of fused-ring (bicyclic) bond motifs is 1. The molecule has 5 heteroatoms. The van der Waals surface area contributed by atoms with Crippen LogP contribution in [-0.4, -0.2) is 23.0 Å². The number of nitrogens with one attached hydrogen (secondary N) is 1. The van der Waals surface area contributed by atoms with Gasteiger partial charge in [0, 0.05) is 10.0 Å². The summed E-state index contributed by atoms with van der Waals surface area (Å²) in [4.78, 5) is 19.2. The van der Waals surface area contributed by atoms with Gasteiger partial charge in [0.15, 0.2) is 0 Å². The maximum Gasteiger partial charge on any atom is 0.337 e. The highest BCUT2D eigenvalue weighted by molar-refractivity contribution is 9.10. The molecule has 0 amide bonds. The number of imidazole rings is 1. The molecule has 0 spiro atoms. The molecule has 0 saturated heterocycles. The van der Waals surface area contributed by atoms with Crippen LogP contribution in [-0.2, 0) is 4.74 Å². The SMILES string of the molecule is COC(=O)c1ccc2nc(-c3ccc(Br)cc3)[nH]c2c1. The van der Waals surface area contributed by atoms with Crippen LogP contribution in [0.3, 0.4) is 0 Å². The van der Waals surface area contributed by atoms with Crippen molar-refractivity contribution in [1.29, 1.82) is 0 Å². The molecule has 100 valence electrons. The molecule has 1 heterocycles. The molecule has 3 aromatic rings. The smallest absolute Gasteiger partial charge is 0.337 e. The Morgan fingerprint density at radius 1 is 1.20 bits per heavy atom. The largest absolute Gasteiger partial charge is 0.465 e. The van der Waals surface area contributed by atoms with Gasteiger partial charge in [0.2, 0.25) is 0 Å². The minimum Gasteiger partial charge on any atom is -0.465 e. The molecule has 3 rings (SSSR count). The molecule has 0 radical (unpaired) electrons. The molecular weight excluding hydrogens is 320 g/mol. The summed E-state index contributed by atoms with van der Waals surface area (Å²) in [6, 6.07) is 13.1. The van der Waals surface area contributed by atoms with Crippen molar-refractivity contribution in [3.63, 3.8) is 0 Å². The van der Waals surface area contributed by atoms with Crippen LogP contribution in [0.5, 0.6) is 0 Å². The van der Waals surface area contributed by atoms with Crippen molar-refractivity contribution in [2.45, 2.75) is 0 Å². The number of H-pyrrole nitrogens is 1. The lowest BCUT2D eigenvalue weighted by atomic mass is 10.2. The number of aromatic amines is 1. The van der Waals surface area contributed by atoms with Crippen molar-refractivity contribution < 1.29 is 9.53 Å². The van der Waals surface area contributed by atoms with E-state index in [-0.39, 0.29) is 5.97 Å². The fourth-order valence-corrected chi connectivity index (χ4v) is 2.26. The topological polar surface area (TPSA) is 55.0 Å². The maximum atomic E-state index is 11.5. The molecule has 0 aliphatic carbocycles. The van der Waals surface area contributed by atoms with E-state index >= 15 is 0 Å². The van der Waals surface area contributed by atoms with Crippen LogP contribution in [0.4, 0.5) is 0 Å². The third-order valence-corrected chi connectivity index (χ3v) is 3.55. The zero-order valence-electron chi connectivity index (χ0n) is 10.7. The highest BCUT2D eigenvalue weighted by atomic mass is 79.9. The summed E-state index contributed by atoms with van der Waals surface area (Å²) in [6.45, 7) is 0. The first-order valence-corrected chi connectivity index (χ1v) is 6.81. The van der Waals surface area contributed by atoms with Crippen molar-refractivity contribution >= 4 is 32.9 Å². The van der Waals surface area contributed by atoms with E-state index < -0.39 is 0 Å². The number of rotatable bonds is 2. The Morgan fingerprint density at radius 3 is 2.65 bits per heavy atom. The number of methoxy groups -OCH3 is 1. The van der Waals surface area contributed by atoms with Gasteiger partial charge in [0.05, 0.1) is 23.7 Å². The van der Waals surface area contributed by atoms with Crippen molar-refractivity contribution in [1.82, 2.24) is 9.97 Å². The zero-order valence-corrected chi connectivity index (χ0v) is 12.3. The second kappa shape index (κ2) is 5.09. The van der Waals surface area contributed by atoms with Crippen LogP contribution in [0.15, 0.2) is 46.9 Å². The quantitative estimate of drug-likeness (QED) is 0.727. The van der Waals surface area contributed by atoms with E-state index in [1.54, 1.807) is 18.2 Å². The molecule has 0 unspecified atom stereocenters. The number of nitrogens with zero attached hydrogens (tertiary/aromatic N) is 1. The highest BCUT2D eigenvalue weighted by Crippen LogP contribution is 2.23. The fourth-order valence-electron chi connectivity index (χ4n) is 2.00. The van der Waals surface area contributed by atoms with Crippen LogP contribution >= 0.6 is 15.9 Å². The van der Waals surface area contributed by atoms with Crippen molar-refractivity contribution in [2.24, 2.45) is 0 Å². The molecule has 0 atom stereocenters. The van der Waals surface area contributed by atoms with Gasteiger partial charge in [0.1, 0.15) is 5.82 Å². The first kappa shape index (κ1) is 12.9. The number of hydrogen-bond acceptors (Lipinski definition) is 3. The van der Waals surface area contributed by atoms with E-state index in [2.05, 4.69) is 25.9 Å². The summed E-state index contributed by atoms with van der Waals surface area (Å²) < 4.78 is 5.73. The molecule has 4 nitrogen and oxygen atoms in total. The zero-order chi connectivity index (χ0) is 14.1. The first-order valence-electron chi connectivity index (χ1n) is 6.01. The Morgan fingerprint density at radius 2 is 1.95 bits per heavy atom. The van der Waals surface area contributed by atoms with E-state index in [0.29, 0.717) is 5.56 Å². The summed E-state index contributed by atoms with van der Waals surface area (Å²) in [5, 5.41) is 0. The van der Waals surface area contributed by atoms with Gasteiger partial charge in [0.25, 0.3) is 0 Å².